The minimum atomic E-state index is 0.0522. The molecule has 0 radical (unpaired) electrons. The number of rotatable bonds is 5. The van der Waals surface area contributed by atoms with Gasteiger partial charge in [-0.1, -0.05) is 30.7 Å². The smallest absolute Gasteiger partial charge is 0.246 e. The van der Waals surface area contributed by atoms with E-state index in [1.807, 2.05) is 47.1 Å². The van der Waals surface area contributed by atoms with Gasteiger partial charge < -0.3 is 9.80 Å². The fourth-order valence-electron chi connectivity index (χ4n) is 4.55. The zero-order chi connectivity index (χ0) is 20.9. The number of piperazine rings is 2. The quantitative estimate of drug-likeness (QED) is 0.695. The lowest BCUT2D eigenvalue weighted by Crippen LogP contribution is -2.56. The molecule has 3 fully saturated rings. The van der Waals surface area contributed by atoms with Crippen LogP contribution in [-0.4, -0.2) is 96.4 Å². The van der Waals surface area contributed by atoms with Gasteiger partial charge >= 0.3 is 0 Å². The van der Waals surface area contributed by atoms with Gasteiger partial charge in [0.05, 0.1) is 6.54 Å². The van der Waals surface area contributed by atoms with Gasteiger partial charge in [0.2, 0.25) is 11.8 Å². The lowest BCUT2D eigenvalue weighted by molar-refractivity contribution is -0.135. The molecule has 2 amide bonds. The molecule has 4 rings (SSSR count). The summed E-state index contributed by atoms with van der Waals surface area (Å²) in [7, 11) is 0. The third kappa shape index (κ3) is 5.10. The van der Waals surface area contributed by atoms with E-state index in [1.54, 1.807) is 6.08 Å². The molecular weight excluding hydrogens is 376 g/mol. The van der Waals surface area contributed by atoms with Gasteiger partial charge in [0.25, 0.3) is 0 Å². The van der Waals surface area contributed by atoms with Gasteiger partial charge in [0.15, 0.2) is 0 Å². The summed E-state index contributed by atoms with van der Waals surface area (Å²) in [5, 5.41) is 0. The molecule has 1 aliphatic carbocycles. The molecule has 0 spiro atoms. The summed E-state index contributed by atoms with van der Waals surface area (Å²) in [6.45, 7) is 9.17. The Kier molecular flexibility index (Phi) is 6.85. The number of nitrogens with zero attached hydrogens (tertiary/aromatic N) is 4. The van der Waals surface area contributed by atoms with Crippen LogP contribution < -0.4 is 0 Å². The molecule has 162 valence electrons. The second kappa shape index (κ2) is 9.75. The van der Waals surface area contributed by atoms with Crippen molar-refractivity contribution in [3.63, 3.8) is 0 Å². The Bertz CT molecular complexity index is 773. The van der Waals surface area contributed by atoms with E-state index in [1.165, 1.54) is 24.8 Å². The summed E-state index contributed by atoms with van der Waals surface area (Å²) in [5.41, 5.74) is 2.24. The van der Waals surface area contributed by atoms with E-state index < -0.39 is 0 Å². The number of benzene rings is 1. The summed E-state index contributed by atoms with van der Waals surface area (Å²) in [4.78, 5) is 33.9. The van der Waals surface area contributed by atoms with Gasteiger partial charge in [0, 0.05) is 64.5 Å². The summed E-state index contributed by atoms with van der Waals surface area (Å²) >= 11 is 0. The van der Waals surface area contributed by atoms with Crippen LogP contribution in [0.1, 0.15) is 30.4 Å². The molecule has 2 heterocycles. The largest absolute Gasteiger partial charge is 0.339 e. The monoisotopic (exact) mass is 410 g/mol. The molecule has 1 aromatic rings. The van der Waals surface area contributed by atoms with Crippen LogP contribution in [0.25, 0.3) is 6.08 Å². The second-order valence-electron chi connectivity index (χ2n) is 8.79. The molecule has 0 N–H and O–H groups in total. The number of amides is 2. The predicted molar refractivity (Wildman–Crippen MR) is 119 cm³/mol. The highest BCUT2D eigenvalue weighted by molar-refractivity contribution is 5.92. The number of hydrogen-bond donors (Lipinski definition) is 0. The van der Waals surface area contributed by atoms with E-state index in [4.69, 9.17) is 0 Å². The number of carbonyl (C=O) groups excluding carboxylic acids is 2. The van der Waals surface area contributed by atoms with E-state index in [2.05, 4.69) is 9.80 Å². The minimum Gasteiger partial charge on any atom is -0.339 e. The fourth-order valence-corrected chi connectivity index (χ4v) is 4.55. The van der Waals surface area contributed by atoms with Crippen LogP contribution in [0.3, 0.4) is 0 Å². The molecule has 0 aromatic heterocycles. The van der Waals surface area contributed by atoms with E-state index in [9.17, 15) is 9.59 Å². The standard InChI is InChI=1S/C24H34N4O2/c1-20-5-2-3-6-21(20)9-10-23(29)27-13-11-25(12-14-27)19-24(30)28-17-15-26(16-18-28)22-7-4-8-22/h2-3,5-6,9-10,22H,4,7-8,11-19H2,1H3/b10-9+. The Hall–Kier alpha value is -2.18. The van der Waals surface area contributed by atoms with Crippen LogP contribution >= 0.6 is 0 Å². The Morgan fingerprint density at radius 2 is 1.60 bits per heavy atom. The Balaban J connectivity index is 1.18. The van der Waals surface area contributed by atoms with E-state index >= 15 is 0 Å². The first-order valence-corrected chi connectivity index (χ1v) is 11.4. The Morgan fingerprint density at radius 1 is 0.933 bits per heavy atom. The number of aryl methyl sites for hydroxylation is 1. The zero-order valence-electron chi connectivity index (χ0n) is 18.1. The van der Waals surface area contributed by atoms with Crippen LogP contribution in [0.2, 0.25) is 0 Å². The number of carbonyl (C=O) groups is 2. The van der Waals surface area contributed by atoms with Crippen molar-refractivity contribution in [3.8, 4) is 0 Å². The molecule has 6 heteroatoms. The molecule has 6 nitrogen and oxygen atoms in total. The van der Waals surface area contributed by atoms with Gasteiger partial charge in [-0.2, -0.15) is 0 Å². The average molecular weight is 411 g/mol. The maximum atomic E-state index is 12.7. The van der Waals surface area contributed by atoms with E-state index in [-0.39, 0.29) is 11.8 Å². The topological polar surface area (TPSA) is 47.1 Å². The summed E-state index contributed by atoms with van der Waals surface area (Å²) in [5.74, 6) is 0.291. The van der Waals surface area contributed by atoms with Crippen LogP contribution in [0.4, 0.5) is 0 Å². The van der Waals surface area contributed by atoms with Crippen molar-refractivity contribution in [1.29, 1.82) is 0 Å². The molecule has 2 saturated heterocycles. The molecule has 30 heavy (non-hydrogen) atoms. The van der Waals surface area contributed by atoms with Gasteiger partial charge in [0.1, 0.15) is 0 Å². The fraction of sp³-hybridized carbons (Fsp3) is 0.583. The van der Waals surface area contributed by atoms with Gasteiger partial charge in [-0.05, 0) is 37.0 Å². The van der Waals surface area contributed by atoms with Gasteiger partial charge in [-0.15, -0.1) is 0 Å². The second-order valence-corrected chi connectivity index (χ2v) is 8.79. The molecule has 1 saturated carbocycles. The average Bonchev–Trinajstić information content (AvgIpc) is 2.73. The molecule has 0 atom stereocenters. The highest BCUT2D eigenvalue weighted by Gasteiger charge is 2.30. The first-order chi connectivity index (χ1) is 14.6. The SMILES string of the molecule is Cc1ccccc1/C=C/C(=O)N1CCN(CC(=O)N2CCN(C3CCC3)CC2)CC1. The van der Waals surface area contributed by atoms with Crippen molar-refractivity contribution in [1.82, 2.24) is 19.6 Å². The molecule has 3 aliphatic rings. The minimum absolute atomic E-state index is 0.0522. The van der Waals surface area contributed by atoms with Crippen molar-refractivity contribution in [2.75, 3.05) is 58.9 Å². The zero-order valence-corrected chi connectivity index (χ0v) is 18.1. The highest BCUT2D eigenvalue weighted by atomic mass is 16.2. The molecule has 0 unspecified atom stereocenters. The van der Waals surface area contributed by atoms with E-state index in [0.717, 1.165) is 50.9 Å². The Morgan fingerprint density at radius 3 is 2.23 bits per heavy atom. The van der Waals surface area contributed by atoms with Gasteiger partial charge in [-0.3, -0.25) is 19.4 Å². The molecule has 2 aliphatic heterocycles. The van der Waals surface area contributed by atoms with Crippen LogP contribution in [0, 0.1) is 6.92 Å². The van der Waals surface area contributed by atoms with Crippen LogP contribution in [0.5, 0.6) is 0 Å². The third-order valence-electron chi connectivity index (χ3n) is 6.89. The first-order valence-electron chi connectivity index (χ1n) is 11.4. The van der Waals surface area contributed by atoms with Crippen LogP contribution in [0.15, 0.2) is 30.3 Å². The predicted octanol–water partition coefficient (Wildman–Crippen LogP) is 1.85. The number of hydrogen-bond acceptors (Lipinski definition) is 4. The maximum absolute atomic E-state index is 12.7. The van der Waals surface area contributed by atoms with E-state index in [0.29, 0.717) is 19.6 Å². The third-order valence-corrected chi connectivity index (χ3v) is 6.89. The summed E-state index contributed by atoms with van der Waals surface area (Å²) < 4.78 is 0. The van der Waals surface area contributed by atoms with Gasteiger partial charge in [-0.25, -0.2) is 0 Å². The lowest BCUT2D eigenvalue weighted by Gasteiger charge is -2.43. The molecule has 0 bridgehead atoms. The highest BCUT2D eigenvalue weighted by Crippen LogP contribution is 2.25. The molecule has 1 aromatic carbocycles. The lowest BCUT2D eigenvalue weighted by atomic mass is 9.91. The maximum Gasteiger partial charge on any atom is 0.246 e. The van der Waals surface area contributed by atoms with Crippen molar-refractivity contribution < 1.29 is 9.59 Å². The van der Waals surface area contributed by atoms with Crippen molar-refractivity contribution >= 4 is 17.9 Å². The summed E-state index contributed by atoms with van der Waals surface area (Å²) in [6.07, 6.45) is 7.59. The Labute approximate surface area is 180 Å². The molecular formula is C24H34N4O2. The van der Waals surface area contributed by atoms with Crippen molar-refractivity contribution in [2.24, 2.45) is 0 Å². The van der Waals surface area contributed by atoms with Crippen LogP contribution in [-0.2, 0) is 9.59 Å². The van der Waals surface area contributed by atoms with Crippen molar-refractivity contribution in [2.45, 2.75) is 32.2 Å². The van der Waals surface area contributed by atoms with Crippen molar-refractivity contribution in [3.05, 3.63) is 41.5 Å². The summed E-state index contributed by atoms with van der Waals surface area (Å²) in [6, 6.07) is 8.83. The first kappa shape index (κ1) is 21.1. The normalized spacial score (nSPS) is 21.8.